The Labute approximate surface area is 168 Å². The Morgan fingerprint density at radius 2 is 1.33 bits per heavy atom. The molecule has 2 aromatic rings. The minimum absolute atomic E-state index is 0.0406. The van der Waals surface area contributed by atoms with Gasteiger partial charge in [0.25, 0.3) is 0 Å². The van der Waals surface area contributed by atoms with E-state index in [0.717, 1.165) is 11.5 Å². The fraction of sp³-hybridized carbons (Fsp3) is 0.480. The lowest BCUT2D eigenvalue weighted by atomic mass is 9.99. The van der Waals surface area contributed by atoms with Crippen molar-refractivity contribution < 1.29 is 4.79 Å². The minimum Gasteiger partial charge on any atom is -0.321 e. The molecule has 0 bridgehead atoms. The Morgan fingerprint density at radius 1 is 0.852 bits per heavy atom. The summed E-state index contributed by atoms with van der Waals surface area (Å²) in [5.74, 6) is 0.801. The highest BCUT2D eigenvalue weighted by atomic mass is 16.1. The molecule has 27 heavy (non-hydrogen) atoms. The lowest BCUT2D eigenvalue weighted by Gasteiger charge is -2.07. The van der Waals surface area contributed by atoms with Gasteiger partial charge >= 0.3 is 0 Å². The van der Waals surface area contributed by atoms with Crippen molar-refractivity contribution in [2.75, 3.05) is 0 Å². The number of hydrogen-bond acceptors (Lipinski definition) is 2. The standard InChI is InChI=1S/C11H16.C10H13NO.2C2H6/c1-9(2)8-11-7-5-4-6-10(11)3;1-8(12)10(11)7-9-5-3-2-4-6-9;2*1-2/h4-7,9H,8H2,1-3H3;2-6,10H,7,11H2,1H3;2*1-2H3. The predicted molar refractivity (Wildman–Crippen MR) is 121 cm³/mol. The number of benzene rings is 2. The number of ketones is 1. The molecule has 0 fully saturated rings. The normalized spacial score (nSPS) is 10.3. The van der Waals surface area contributed by atoms with Gasteiger partial charge in [0.1, 0.15) is 5.78 Å². The number of carbonyl (C=O) groups excluding carboxylic acids is 1. The third kappa shape index (κ3) is 13.9. The third-order valence-electron chi connectivity index (χ3n) is 3.71. The highest BCUT2D eigenvalue weighted by Gasteiger charge is 2.07. The zero-order valence-electron chi connectivity index (χ0n) is 18.8. The number of rotatable bonds is 5. The van der Waals surface area contributed by atoms with Crippen LogP contribution >= 0.6 is 0 Å². The molecule has 0 heterocycles. The van der Waals surface area contributed by atoms with Crippen molar-refractivity contribution in [2.45, 2.75) is 74.3 Å². The summed E-state index contributed by atoms with van der Waals surface area (Å²) < 4.78 is 0. The average molecular weight is 372 g/mol. The molecule has 0 aliphatic rings. The van der Waals surface area contributed by atoms with Gasteiger partial charge in [-0.1, -0.05) is 96.1 Å². The molecular weight excluding hydrogens is 330 g/mol. The number of hydrogen-bond donors (Lipinski definition) is 1. The van der Waals surface area contributed by atoms with Crippen molar-refractivity contribution in [2.24, 2.45) is 11.7 Å². The van der Waals surface area contributed by atoms with Gasteiger partial charge in [0.15, 0.2) is 0 Å². The Kier molecular flexibility index (Phi) is 17.7. The maximum Gasteiger partial charge on any atom is 0.146 e. The van der Waals surface area contributed by atoms with Gasteiger partial charge in [0.05, 0.1) is 6.04 Å². The van der Waals surface area contributed by atoms with Crippen molar-refractivity contribution in [3.05, 3.63) is 71.3 Å². The van der Waals surface area contributed by atoms with E-state index in [1.165, 1.54) is 24.5 Å². The van der Waals surface area contributed by atoms with E-state index >= 15 is 0 Å². The smallest absolute Gasteiger partial charge is 0.146 e. The van der Waals surface area contributed by atoms with Gasteiger partial charge in [-0.3, -0.25) is 4.79 Å². The molecule has 2 nitrogen and oxygen atoms in total. The molecule has 0 saturated heterocycles. The number of Topliss-reactive ketones (excluding diaryl/α,β-unsaturated/α-hetero) is 1. The molecule has 0 spiro atoms. The second-order valence-corrected chi connectivity index (χ2v) is 6.43. The molecule has 2 N–H and O–H groups in total. The SMILES string of the molecule is CC.CC.CC(=O)C(N)Cc1ccccc1.Cc1ccccc1CC(C)C. The van der Waals surface area contributed by atoms with E-state index in [0.29, 0.717) is 6.42 Å². The first-order chi connectivity index (χ1) is 12.9. The van der Waals surface area contributed by atoms with Gasteiger partial charge in [0.2, 0.25) is 0 Å². The largest absolute Gasteiger partial charge is 0.321 e. The fourth-order valence-electron chi connectivity index (χ4n) is 2.29. The highest BCUT2D eigenvalue weighted by Crippen LogP contribution is 2.11. The minimum atomic E-state index is -0.354. The zero-order chi connectivity index (χ0) is 21.2. The molecule has 0 radical (unpaired) electrons. The molecule has 0 aromatic heterocycles. The topological polar surface area (TPSA) is 43.1 Å². The first-order valence-electron chi connectivity index (χ1n) is 10.2. The summed E-state index contributed by atoms with van der Waals surface area (Å²) in [4.78, 5) is 10.8. The Balaban J connectivity index is 0. The molecule has 2 aromatic carbocycles. The molecule has 1 atom stereocenters. The summed E-state index contributed by atoms with van der Waals surface area (Å²) in [5, 5.41) is 0. The Hall–Kier alpha value is -1.93. The van der Waals surface area contributed by atoms with Crippen LogP contribution < -0.4 is 5.73 Å². The second-order valence-electron chi connectivity index (χ2n) is 6.43. The summed E-state index contributed by atoms with van der Waals surface area (Å²) in [7, 11) is 0. The van der Waals surface area contributed by atoms with E-state index in [-0.39, 0.29) is 11.8 Å². The highest BCUT2D eigenvalue weighted by molar-refractivity contribution is 5.81. The lowest BCUT2D eigenvalue weighted by molar-refractivity contribution is -0.118. The van der Waals surface area contributed by atoms with E-state index in [4.69, 9.17) is 5.73 Å². The number of carbonyl (C=O) groups is 1. The van der Waals surface area contributed by atoms with Crippen LogP contribution in [0.5, 0.6) is 0 Å². The molecule has 1 unspecified atom stereocenters. The first-order valence-corrected chi connectivity index (χ1v) is 10.2. The van der Waals surface area contributed by atoms with Gasteiger partial charge in [-0.15, -0.1) is 0 Å². The van der Waals surface area contributed by atoms with Crippen LogP contribution in [0.3, 0.4) is 0 Å². The zero-order valence-corrected chi connectivity index (χ0v) is 18.8. The summed E-state index contributed by atoms with van der Waals surface area (Å²) >= 11 is 0. The van der Waals surface area contributed by atoms with Crippen LogP contribution in [0.2, 0.25) is 0 Å². The van der Waals surface area contributed by atoms with Crippen LogP contribution in [-0.4, -0.2) is 11.8 Å². The molecule has 0 saturated carbocycles. The molecule has 2 rings (SSSR count). The van der Waals surface area contributed by atoms with Crippen LogP contribution in [0.1, 0.15) is 65.2 Å². The molecule has 0 aliphatic carbocycles. The first kappa shape index (κ1) is 27.3. The van der Waals surface area contributed by atoms with Crippen LogP contribution in [0.25, 0.3) is 0 Å². The number of nitrogens with two attached hydrogens (primary N) is 1. The van der Waals surface area contributed by atoms with Crippen LogP contribution in [-0.2, 0) is 17.6 Å². The molecule has 0 aliphatic heterocycles. The van der Waals surface area contributed by atoms with E-state index in [2.05, 4.69) is 45.0 Å². The molecule has 152 valence electrons. The quantitative estimate of drug-likeness (QED) is 0.661. The van der Waals surface area contributed by atoms with Crippen molar-refractivity contribution in [1.29, 1.82) is 0 Å². The van der Waals surface area contributed by atoms with Gasteiger partial charge in [-0.2, -0.15) is 0 Å². The summed E-state index contributed by atoms with van der Waals surface area (Å²) in [6.45, 7) is 16.2. The maximum atomic E-state index is 10.8. The van der Waals surface area contributed by atoms with Gasteiger partial charge < -0.3 is 5.73 Å². The monoisotopic (exact) mass is 371 g/mol. The van der Waals surface area contributed by atoms with E-state index < -0.39 is 0 Å². The van der Waals surface area contributed by atoms with E-state index in [1.54, 1.807) is 0 Å². The van der Waals surface area contributed by atoms with Gasteiger partial charge in [-0.05, 0) is 49.3 Å². The summed E-state index contributed by atoms with van der Waals surface area (Å²) in [6, 6.07) is 18.0. The molecule has 2 heteroatoms. The third-order valence-corrected chi connectivity index (χ3v) is 3.71. The number of aryl methyl sites for hydroxylation is 1. The van der Waals surface area contributed by atoms with Crippen LogP contribution in [0.4, 0.5) is 0 Å². The second kappa shape index (κ2) is 17.5. The van der Waals surface area contributed by atoms with Crippen molar-refractivity contribution in [3.63, 3.8) is 0 Å². The fourth-order valence-corrected chi connectivity index (χ4v) is 2.29. The average Bonchev–Trinajstić information content (AvgIpc) is 2.68. The van der Waals surface area contributed by atoms with E-state index in [1.807, 2.05) is 58.0 Å². The van der Waals surface area contributed by atoms with Crippen molar-refractivity contribution >= 4 is 5.78 Å². The predicted octanol–water partition coefficient (Wildman–Crippen LogP) is 6.39. The molecular formula is C25H41NO. The molecule has 0 amide bonds. The van der Waals surface area contributed by atoms with Gasteiger partial charge in [0, 0.05) is 0 Å². The summed E-state index contributed by atoms with van der Waals surface area (Å²) in [6.07, 6.45) is 1.84. The van der Waals surface area contributed by atoms with E-state index in [9.17, 15) is 4.79 Å². The van der Waals surface area contributed by atoms with Crippen LogP contribution in [0.15, 0.2) is 54.6 Å². The van der Waals surface area contributed by atoms with Crippen molar-refractivity contribution in [3.8, 4) is 0 Å². The summed E-state index contributed by atoms with van der Waals surface area (Å²) in [5.41, 5.74) is 9.62. The lowest BCUT2D eigenvalue weighted by Crippen LogP contribution is -2.30. The van der Waals surface area contributed by atoms with Crippen molar-refractivity contribution in [1.82, 2.24) is 0 Å². The maximum absolute atomic E-state index is 10.8. The Morgan fingerprint density at radius 3 is 1.78 bits per heavy atom. The van der Waals surface area contributed by atoms with Gasteiger partial charge in [-0.25, -0.2) is 0 Å². The van der Waals surface area contributed by atoms with Crippen LogP contribution in [0, 0.1) is 12.8 Å². The Bertz CT molecular complexity index is 590.